The Kier molecular flexibility index (Phi) is 12.5. The maximum Gasteiger partial charge on any atom is 0.243 e. The molecule has 3 atom stereocenters. The summed E-state index contributed by atoms with van der Waals surface area (Å²) in [6.07, 6.45) is 9.87. The van der Waals surface area contributed by atoms with Crippen molar-refractivity contribution < 1.29 is 14.4 Å². The minimum absolute atomic E-state index is 0.279. The fourth-order valence-corrected chi connectivity index (χ4v) is 5.10. The standard InChI is InChI=1S/C29H47N7O3/c1-22(26(31)37)33-28(39)25(21-23-13-5-2-6-14-23)34-27(38)24(30)15-7-8-16-32-29(35-17-9-3-10-18-35)36-19-11-4-12-20-36/h2,5-6,13-14,22,24-25H,3-4,7-12,15-21,30H2,1H3,(H2,31,37)(H,33,39)(H,34,38)/t22-,24-,25-/m0/s1. The highest BCUT2D eigenvalue weighted by molar-refractivity contribution is 5.92. The molecular weight excluding hydrogens is 494 g/mol. The molecule has 0 bridgehead atoms. The molecule has 1 aromatic carbocycles. The molecule has 3 rings (SSSR count). The monoisotopic (exact) mass is 541 g/mol. The summed E-state index contributed by atoms with van der Waals surface area (Å²) in [6, 6.07) is 6.93. The van der Waals surface area contributed by atoms with Crippen molar-refractivity contribution in [1.82, 2.24) is 20.4 Å². The van der Waals surface area contributed by atoms with Gasteiger partial charge >= 0.3 is 0 Å². The topological polar surface area (TPSA) is 146 Å². The predicted molar refractivity (Wildman–Crippen MR) is 154 cm³/mol. The number of benzene rings is 1. The van der Waals surface area contributed by atoms with Crippen LogP contribution in [0.15, 0.2) is 35.3 Å². The third-order valence-corrected chi connectivity index (χ3v) is 7.49. The van der Waals surface area contributed by atoms with E-state index in [0.29, 0.717) is 13.0 Å². The first-order valence-corrected chi connectivity index (χ1v) is 14.6. The zero-order chi connectivity index (χ0) is 28.0. The van der Waals surface area contributed by atoms with Gasteiger partial charge in [-0.3, -0.25) is 19.4 Å². The molecule has 216 valence electrons. The van der Waals surface area contributed by atoms with Gasteiger partial charge in [-0.15, -0.1) is 0 Å². The lowest BCUT2D eigenvalue weighted by Crippen LogP contribution is -2.55. The van der Waals surface area contributed by atoms with Crippen LogP contribution in [0.1, 0.15) is 70.3 Å². The van der Waals surface area contributed by atoms with E-state index in [9.17, 15) is 14.4 Å². The minimum atomic E-state index is -0.867. The maximum atomic E-state index is 12.9. The van der Waals surface area contributed by atoms with Crippen molar-refractivity contribution in [3.8, 4) is 0 Å². The highest BCUT2D eigenvalue weighted by atomic mass is 16.2. The Morgan fingerprint density at radius 3 is 2.03 bits per heavy atom. The van der Waals surface area contributed by atoms with Gasteiger partial charge in [-0.25, -0.2) is 0 Å². The molecule has 2 saturated heterocycles. The number of hydrogen-bond acceptors (Lipinski definition) is 5. The quantitative estimate of drug-likeness (QED) is 0.179. The molecule has 0 radical (unpaired) electrons. The number of hydrogen-bond donors (Lipinski definition) is 4. The third kappa shape index (κ3) is 10.2. The van der Waals surface area contributed by atoms with Crippen LogP contribution in [0.2, 0.25) is 0 Å². The number of unbranched alkanes of at least 4 members (excludes halogenated alkanes) is 1. The zero-order valence-corrected chi connectivity index (χ0v) is 23.4. The molecule has 0 unspecified atom stereocenters. The number of guanidine groups is 1. The summed E-state index contributed by atoms with van der Waals surface area (Å²) in [7, 11) is 0. The summed E-state index contributed by atoms with van der Waals surface area (Å²) >= 11 is 0. The lowest BCUT2D eigenvalue weighted by molar-refractivity contribution is -0.131. The van der Waals surface area contributed by atoms with E-state index < -0.39 is 29.9 Å². The van der Waals surface area contributed by atoms with Crippen LogP contribution in [-0.2, 0) is 20.8 Å². The number of primary amides is 1. The fraction of sp³-hybridized carbons (Fsp3) is 0.655. The van der Waals surface area contributed by atoms with Gasteiger partial charge in [0.15, 0.2) is 5.96 Å². The summed E-state index contributed by atoms with van der Waals surface area (Å²) < 4.78 is 0. The number of rotatable bonds is 12. The summed E-state index contributed by atoms with van der Waals surface area (Å²) in [6.45, 7) is 6.54. The van der Waals surface area contributed by atoms with Gasteiger partial charge in [0.1, 0.15) is 12.1 Å². The molecule has 0 aromatic heterocycles. The van der Waals surface area contributed by atoms with E-state index in [1.807, 2.05) is 30.3 Å². The van der Waals surface area contributed by atoms with E-state index in [0.717, 1.165) is 50.5 Å². The molecule has 0 spiro atoms. The molecule has 6 N–H and O–H groups in total. The number of nitrogens with two attached hydrogens (primary N) is 2. The van der Waals surface area contributed by atoms with Crippen molar-refractivity contribution in [2.45, 2.75) is 89.3 Å². The molecule has 0 saturated carbocycles. The van der Waals surface area contributed by atoms with E-state index in [1.54, 1.807) is 0 Å². The van der Waals surface area contributed by atoms with Gasteiger partial charge in [0, 0.05) is 39.1 Å². The smallest absolute Gasteiger partial charge is 0.243 e. The van der Waals surface area contributed by atoms with Crippen LogP contribution >= 0.6 is 0 Å². The molecular formula is C29H47N7O3. The Hall–Kier alpha value is -3.14. The van der Waals surface area contributed by atoms with Gasteiger partial charge in [0.25, 0.3) is 0 Å². The number of amides is 3. The highest BCUT2D eigenvalue weighted by Gasteiger charge is 2.26. The second-order valence-corrected chi connectivity index (χ2v) is 10.8. The zero-order valence-electron chi connectivity index (χ0n) is 23.4. The Bertz CT molecular complexity index is 923. The van der Waals surface area contributed by atoms with Crippen LogP contribution in [0, 0.1) is 0 Å². The molecule has 3 amide bonds. The van der Waals surface area contributed by atoms with Gasteiger partial charge in [-0.2, -0.15) is 0 Å². The summed E-state index contributed by atoms with van der Waals surface area (Å²) in [5.74, 6) is -0.348. The Morgan fingerprint density at radius 1 is 0.872 bits per heavy atom. The molecule has 10 nitrogen and oxygen atoms in total. The first-order chi connectivity index (χ1) is 18.8. The van der Waals surface area contributed by atoms with Crippen LogP contribution in [0.25, 0.3) is 0 Å². The van der Waals surface area contributed by atoms with Crippen molar-refractivity contribution >= 4 is 23.7 Å². The van der Waals surface area contributed by atoms with Crippen LogP contribution in [0.5, 0.6) is 0 Å². The van der Waals surface area contributed by atoms with Gasteiger partial charge in [-0.05, 0) is 70.3 Å². The van der Waals surface area contributed by atoms with Crippen molar-refractivity contribution in [3.05, 3.63) is 35.9 Å². The van der Waals surface area contributed by atoms with Crippen LogP contribution < -0.4 is 22.1 Å². The second-order valence-electron chi connectivity index (χ2n) is 10.8. The largest absolute Gasteiger partial charge is 0.368 e. The van der Waals surface area contributed by atoms with Gasteiger partial charge < -0.3 is 31.9 Å². The van der Waals surface area contributed by atoms with E-state index in [-0.39, 0.29) is 12.3 Å². The average Bonchev–Trinajstić information content (AvgIpc) is 2.95. The Morgan fingerprint density at radius 2 is 1.46 bits per heavy atom. The highest BCUT2D eigenvalue weighted by Crippen LogP contribution is 2.16. The first kappa shape index (κ1) is 30.4. The summed E-state index contributed by atoms with van der Waals surface area (Å²) in [5.41, 5.74) is 12.4. The van der Waals surface area contributed by atoms with Gasteiger partial charge in [0.05, 0.1) is 6.04 Å². The molecule has 10 heteroatoms. The summed E-state index contributed by atoms with van der Waals surface area (Å²) in [4.78, 5) is 47.1. The van der Waals surface area contributed by atoms with E-state index in [2.05, 4.69) is 20.4 Å². The molecule has 0 aliphatic carbocycles. The Balaban J connectivity index is 1.50. The first-order valence-electron chi connectivity index (χ1n) is 14.6. The van der Waals surface area contributed by atoms with Crippen molar-refractivity contribution in [2.24, 2.45) is 16.5 Å². The molecule has 2 fully saturated rings. The summed E-state index contributed by atoms with van der Waals surface area (Å²) in [5, 5.41) is 5.36. The molecule has 2 aliphatic rings. The van der Waals surface area contributed by atoms with Crippen molar-refractivity contribution in [2.75, 3.05) is 32.7 Å². The number of carbonyl (C=O) groups excluding carboxylic acids is 3. The lowest BCUT2D eigenvalue weighted by Gasteiger charge is -2.38. The number of likely N-dealkylation sites (tertiary alicyclic amines) is 2. The normalized spacial score (nSPS) is 18.0. The minimum Gasteiger partial charge on any atom is -0.368 e. The second kappa shape index (κ2) is 16.1. The van der Waals surface area contributed by atoms with Gasteiger partial charge in [-0.1, -0.05) is 30.3 Å². The lowest BCUT2D eigenvalue weighted by atomic mass is 10.0. The maximum absolute atomic E-state index is 12.9. The predicted octanol–water partition coefficient (Wildman–Crippen LogP) is 1.53. The molecule has 2 heterocycles. The molecule has 39 heavy (non-hydrogen) atoms. The number of nitrogens with one attached hydrogen (secondary N) is 2. The van der Waals surface area contributed by atoms with Crippen LogP contribution in [-0.4, -0.2) is 84.3 Å². The molecule has 1 aromatic rings. The number of piperidine rings is 2. The average molecular weight is 542 g/mol. The van der Waals surface area contributed by atoms with Crippen molar-refractivity contribution in [3.63, 3.8) is 0 Å². The van der Waals surface area contributed by atoms with E-state index >= 15 is 0 Å². The van der Waals surface area contributed by atoms with Crippen LogP contribution in [0.3, 0.4) is 0 Å². The number of nitrogens with zero attached hydrogens (tertiary/aromatic N) is 3. The Labute approximate surface area is 232 Å². The van der Waals surface area contributed by atoms with E-state index in [4.69, 9.17) is 16.5 Å². The number of carbonyl (C=O) groups is 3. The SMILES string of the molecule is C[C@H](NC(=O)[C@H](Cc1ccccc1)NC(=O)[C@@H](N)CCCCN=C(N1CCCCC1)N1CCCCC1)C(N)=O. The van der Waals surface area contributed by atoms with E-state index in [1.165, 1.54) is 45.4 Å². The third-order valence-electron chi connectivity index (χ3n) is 7.49. The molecule has 2 aliphatic heterocycles. The number of aliphatic imine (C=N–C) groups is 1. The van der Waals surface area contributed by atoms with Crippen LogP contribution in [0.4, 0.5) is 0 Å². The van der Waals surface area contributed by atoms with Crippen molar-refractivity contribution in [1.29, 1.82) is 0 Å². The fourth-order valence-electron chi connectivity index (χ4n) is 5.10. The van der Waals surface area contributed by atoms with Gasteiger partial charge in [0.2, 0.25) is 17.7 Å².